The zero-order chi connectivity index (χ0) is 13.8. The van der Waals surface area contributed by atoms with Gasteiger partial charge in [0.1, 0.15) is 17.3 Å². The Morgan fingerprint density at radius 1 is 1.42 bits per heavy atom. The highest BCUT2D eigenvalue weighted by molar-refractivity contribution is 5.97. The van der Waals surface area contributed by atoms with E-state index >= 15 is 0 Å². The van der Waals surface area contributed by atoms with Crippen molar-refractivity contribution in [1.82, 2.24) is 9.78 Å². The molecule has 100 valence electrons. The Balaban J connectivity index is 2.33. The molecule has 0 saturated heterocycles. The summed E-state index contributed by atoms with van der Waals surface area (Å²) in [6, 6.07) is 5.12. The second-order valence-electron chi connectivity index (χ2n) is 3.91. The molecule has 0 saturated carbocycles. The number of hydrogen-bond donors (Lipinski definition) is 2. The first-order valence-electron chi connectivity index (χ1n) is 5.86. The number of aromatic nitrogens is 2. The van der Waals surface area contributed by atoms with Crippen molar-refractivity contribution >= 4 is 5.84 Å². The van der Waals surface area contributed by atoms with Gasteiger partial charge in [-0.05, 0) is 19.1 Å². The van der Waals surface area contributed by atoms with Crippen molar-refractivity contribution in [3.05, 3.63) is 36.2 Å². The van der Waals surface area contributed by atoms with E-state index in [0.29, 0.717) is 22.8 Å². The number of aryl methyl sites for hydroxylation is 1. The van der Waals surface area contributed by atoms with Crippen LogP contribution < -0.4 is 15.2 Å². The van der Waals surface area contributed by atoms with Gasteiger partial charge < -0.3 is 15.2 Å². The SMILES string of the molecule is CCn1cc(Oc2cc(OC)ccc2C(=N)N)cn1. The van der Waals surface area contributed by atoms with Crippen LogP contribution in [0.1, 0.15) is 12.5 Å². The van der Waals surface area contributed by atoms with Crippen LogP contribution in [0.4, 0.5) is 0 Å². The zero-order valence-electron chi connectivity index (χ0n) is 10.9. The largest absolute Gasteiger partial charge is 0.497 e. The molecule has 0 unspecified atom stereocenters. The van der Waals surface area contributed by atoms with Gasteiger partial charge in [0.2, 0.25) is 0 Å². The quantitative estimate of drug-likeness (QED) is 0.635. The summed E-state index contributed by atoms with van der Waals surface area (Å²) in [5.74, 6) is 1.66. The number of benzene rings is 1. The predicted octanol–water partition coefficient (Wildman–Crippen LogP) is 1.99. The number of methoxy groups -OCH3 is 1. The van der Waals surface area contributed by atoms with Crippen LogP contribution in [0.25, 0.3) is 0 Å². The molecule has 19 heavy (non-hydrogen) atoms. The van der Waals surface area contributed by atoms with Crippen molar-refractivity contribution in [2.75, 3.05) is 7.11 Å². The van der Waals surface area contributed by atoms with E-state index in [1.807, 2.05) is 6.92 Å². The average Bonchev–Trinajstić information content (AvgIpc) is 2.86. The standard InChI is InChI=1S/C13H16N4O2/c1-3-17-8-10(7-16-17)19-12-6-9(18-2)4-5-11(12)13(14)15/h4-8H,3H2,1-2H3,(H3,14,15). The minimum Gasteiger partial charge on any atom is -0.497 e. The molecular weight excluding hydrogens is 244 g/mol. The second-order valence-corrected chi connectivity index (χ2v) is 3.91. The van der Waals surface area contributed by atoms with Crippen molar-refractivity contribution < 1.29 is 9.47 Å². The maximum atomic E-state index is 7.55. The fraction of sp³-hybridized carbons (Fsp3) is 0.231. The normalized spacial score (nSPS) is 10.2. The number of nitrogens with zero attached hydrogens (tertiary/aromatic N) is 2. The highest BCUT2D eigenvalue weighted by atomic mass is 16.5. The highest BCUT2D eigenvalue weighted by Gasteiger charge is 2.10. The Kier molecular flexibility index (Phi) is 3.70. The highest BCUT2D eigenvalue weighted by Crippen LogP contribution is 2.29. The molecule has 0 radical (unpaired) electrons. The lowest BCUT2D eigenvalue weighted by atomic mass is 10.2. The minimum atomic E-state index is -0.0551. The fourth-order valence-electron chi connectivity index (χ4n) is 1.63. The molecule has 1 aromatic heterocycles. The lowest BCUT2D eigenvalue weighted by molar-refractivity contribution is 0.409. The Bertz CT molecular complexity index is 592. The molecule has 1 aromatic carbocycles. The van der Waals surface area contributed by atoms with E-state index in [0.717, 1.165) is 6.54 Å². The number of rotatable bonds is 5. The lowest BCUT2D eigenvalue weighted by Gasteiger charge is -2.10. The van der Waals surface area contributed by atoms with Crippen molar-refractivity contribution in [3.8, 4) is 17.2 Å². The van der Waals surface area contributed by atoms with E-state index in [9.17, 15) is 0 Å². The van der Waals surface area contributed by atoms with Crippen LogP contribution in [0.5, 0.6) is 17.2 Å². The molecule has 0 amide bonds. The van der Waals surface area contributed by atoms with Crippen LogP contribution in [0.2, 0.25) is 0 Å². The number of amidine groups is 1. The molecule has 6 nitrogen and oxygen atoms in total. The third-order valence-electron chi connectivity index (χ3n) is 2.64. The molecule has 0 spiro atoms. The van der Waals surface area contributed by atoms with E-state index in [-0.39, 0.29) is 5.84 Å². The van der Waals surface area contributed by atoms with Crippen LogP contribution in [0.3, 0.4) is 0 Å². The average molecular weight is 260 g/mol. The summed E-state index contributed by atoms with van der Waals surface area (Å²) in [5.41, 5.74) is 6.05. The summed E-state index contributed by atoms with van der Waals surface area (Å²) in [4.78, 5) is 0. The van der Waals surface area contributed by atoms with Gasteiger partial charge in [-0.25, -0.2) is 0 Å². The van der Waals surface area contributed by atoms with Crippen molar-refractivity contribution in [3.63, 3.8) is 0 Å². The Morgan fingerprint density at radius 3 is 2.79 bits per heavy atom. The van der Waals surface area contributed by atoms with Gasteiger partial charge in [0.25, 0.3) is 0 Å². The Morgan fingerprint density at radius 2 is 2.21 bits per heavy atom. The molecule has 1 heterocycles. The van der Waals surface area contributed by atoms with E-state index in [1.54, 1.807) is 42.4 Å². The summed E-state index contributed by atoms with van der Waals surface area (Å²) >= 11 is 0. The van der Waals surface area contributed by atoms with Crippen LogP contribution in [-0.4, -0.2) is 22.7 Å². The third kappa shape index (κ3) is 2.85. The fourth-order valence-corrected chi connectivity index (χ4v) is 1.63. The van der Waals surface area contributed by atoms with Crippen LogP contribution in [0.15, 0.2) is 30.6 Å². The molecule has 2 aromatic rings. The van der Waals surface area contributed by atoms with Crippen molar-refractivity contribution in [2.45, 2.75) is 13.5 Å². The van der Waals surface area contributed by atoms with Gasteiger partial charge in [-0.15, -0.1) is 0 Å². The molecule has 0 bridgehead atoms. The van der Waals surface area contributed by atoms with Crippen LogP contribution in [-0.2, 0) is 6.54 Å². The number of nitrogens with one attached hydrogen (secondary N) is 1. The molecule has 2 rings (SSSR count). The first-order chi connectivity index (χ1) is 9.13. The predicted molar refractivity (Wildman–Crippen MR) is 72.0 cm³/mol. The summed E-state index contributed by atoms with van der Waals surface area (Å²) in [5, 5.41) is 11.7. The third-order valence-corrected chi connectivity index (χ3v) is 2.64. The summed E-state index contributed by atoms with van der Waals surface area (Å²) in [6.07, 6.45) is 3.40. The lowest BCUT2D eigenvalue weighted by Crippen LogP contribution is -2.12. The molecule has 0 aliphatic heterocycles. The maximum absolute atomic E-state index is 7.55. The Hall–Kier alpha value is -2.50. The van der Waals surface area contributed by atoms with Crippen molar-refractivity contribution in [2.24, 2.45) is 5.73 Å². The van der Waals surface area contributed by atoms with Gasteiger partial charge >= 0.3 is 0 Å². The number of nitrogen functional groups attached to an aromatic ring is 1. The van der Waals surface area contributed by atoms with Crippen molar-refractivity contribution in [1.29, 1.82) is 5.41 Å². The summed E-state index contributed by atoms with van der Waals surface area (Å²) in [6.45, 7) is 2.75. The summed E-state index contributed by atoms with van der Waals surface area (Å²) < 4.78 is 12.6. The van der Waals surface area contributed by atoms with E-state index in [4.69, 9.17) is 20.6 Å². The van der Waals surface area contributed by atoms with E-state index < -0.39 is 0 Å². The molecule has 3 N–H and O–H groups in total. The van der Waals surface area contributed by atoms with E-state index in [1.165, 1.54) is 0 Å². The van der Waals surface area contributed by atoms with Gasteiger partial charge in [-0.1, -0.05) is 0 Å². The molecular formula is C13H16N4O2. The number of ether oxygens (including phenoxy) is 2. The van der Waals surface area contributed by atoms with Gasteiger partial charge in [0.05, 0.1) is 25.1 Å². The first-order valence-corrected chi connectivity index (χ1v) is 5.86. The van der Waals surface area contributed by atoms with Gasteiger partial charge in [0, 0.05) is 12.6 Å². The monoisotopic (exact) mass is 260 g/mol. The van der Waals surface area contributed by atoms with Gasteiger partial charge in [-0.3, -0.25) is 10.1 Å². The summed E-state index contributed by atoms with van der Waals surface area (Å²) in [7, 11) is 1.57. The molecule has 0 aliphatic rings. The molecule has 6 heteroatoms. The molecule has 0 aliphatic carbocycles. The smallest absolute Gasteiger partial charge is 0.165 e. The molecule has 0 atom stereocenters. The zero-order valence-corrected chi connectivity index (χ0v) is 10.9. The number of nitrogens with two attached hydrogens (primary N) is 1. The maximum Gasteiger partial charge on any atom is 0.165 e. The minimum absolute atomic E-state index is 0.0551. The van der Waals surface area contributed by atoms with E-state index in [2.05, 4.69) is 5.10 Å². The van der Waals surface area contributed by atoms with Gasteiger partial charge in [-0.2, -0.15) is 5.10 Å². The van der Waals surface area contributed by atoms with Crippen LogP contribution >= 0.6 is 0 Å². The second kappa shape index (κ2) is 5.43. The number of hydrogen-bond acceptors (Lipinski definition) is 4. The first kappa shape index (κ1) is 12.9. The van der Waals surface area contributed by atoms with Gasteiger partial charge in [0.15, 0.2) is 5.75 Å². The Labute approximate surface area is 111 Å². The topological polar surface area (TPSA) is 86.2 Å². The molecule has 0 fully saturated rings. The van der Waals surface area contributed by atoms with Crippen LogP contribution in [0, 0.1) is 5.41 Å².